The molecule has 0 spiro atoms. The van der Waals surface area contributed by atoms with E-state index < -0.39 is 0 Å². The number of benzene rings is 1. The second-order valence-corrected chi connectivity index (χ2v) is 5.04. The molecule has 0 aliphatic heterocycles. The van der Waals surface area contributed by atoms with E-state index in [1.807, 2.05) is 31.2 Å². The Morgan fingerprint density at radius 3 is 2.53 bits per heavy atom. The third kappa shape index (κ3) is 5.45. The smallest absolute Gasteiger partial charge is 0.126 e. The molecule has 1 unspecified atom stereocenters. The van der Waals surface area contributed by atoms with Crippen LogP contribution in [-0.4, -0.2) is 42.4 Å². The molecule has 0 saturated heterocycles. The number of aliphatic hydroxyl groups excluding tert-OH is 1. The maximum absolute atomic E-state index is 9.48. The third-order valence-corrected chi connectivity index (χ3v) is 3.01. The minimum absolute atomic E-state index is 0.304. The summed E-state index contributed by atoms with van der Waals surface area (Å²) in [4.78, 5) is 2.23. The van der Waals surface area contributed by atoms with Gasteiger partial charge in [-0.2, -0.15) is 0 Å². The molecule has 0 amide bonds. The highest BCUT2D eigenvalue weighted by Crippen LogP contribution is 2.18. The van der Waals surface area contributed by atoms with Crippen LogP contribution in [0.15, 0.2) is 30.3 Å². The van der Waals surface area contributed by atoms with Crippen LogP contribution in [0.2, 0.25) is 0 Å². The number of ether oxygens (including phenoxy) is 1. The highest BCUT2D eigenvalue weighted by Gasteiger charge is 2.10. The lowest BCUT2D eigenvalue weighted by Gasteiger charge is -2.26. The van der Waals surface area contributed by atoms with Gasteiger partial charge in [-0.1, -0.05) is 30.4 Å². The Kier molecular flexibility index (Phi) is 6.60. The van der Waals surface area contributed by atoms with E-state index in [1.165, 1.54) is 0 Å². The summed E-state index contributed by atoms with van der Waals surface area (Å²) in [5.41, 5.74) is 1.07. The Morgan fingerprint density at radius 2 is 1.95 bits per heavy atom. The van der Waals surface area contributed by atoms with E-state index in [4.69, 9.17) is 4.74 Å². The highest BCUT2D eigenvalue weighted by molar-refractivity contribution is 5.57. The zero-order valence-corrected chi connectivity index (χ0v) is 12.3. The topological polar surface area (TPSA) is 32.7 Å². The van der Waals surface area contributed by atoms with Crippen molar-refractivity contribution >= 4 is 6.08 Å². The second-order valence-electron chi connectivity index (χ2n) is 5.04. The normalized spacial score (nSPS) is 13.4. The van der Waals surface area contributed by atoms with Gasteiger partial charge in [-0.05, 0) is 26.8 Å². The highest BCUT2D eigenvalue weighted by atomic mass is 16.5. The van der Waals surface area contributed by atoms with Crippen molar-refractivity contribution in [3.63, 3.8) is 0 Å². The monoisotopic (exact) mass is 263 g/mol. The average molecular weight is 263 g/mol. The summed E-state index contributed by atoms with van der Waals surface area (Å²) >= 11 is 0. The molecule has 1 aromatic rings. The Balaban J connectivity index is 2.65. The zero-order valence-electron chi connectivity index (χ0n) is 12.3. The number of aliphatic hydroxyl groups is 1. The van der Waals surface area contributed by atoms with Crippen LogP contribution in [-0.2, 0) is 0 Å². The van der Waals surface area contributed by atoms with Crippen molar-refractivity contribution in [3.05, 3.63) is 35.9 Å². The van der Waals surface area contributed by atoms with E-state index in [-0.39, 0.29) is 6.10 Å². The maximum atomic E-state index is 9.48. The molecule has 0 aromatic heterocycles. The van der Waals surface area contributed by atoms with E-state index in [2.05, 4.69) is 30.9 Å². The Hall–Kier alpha value is -1.32. The van der Waals surface area contributed by atoms with Crippen LogP contribution in [0.1, 0.15) is 26.3 Å². The minimum Gasteiger partial charge on any atom is -0.496 e. The summed E-state index contributed by atoms with van der Waals surface area (Å²) in [6.07, 6.45) is 3.87. The van der Waals surface area contributed by atoms with E-state index >= 15 is 0 Å². The molecule has 0 fully saturated rings. The van der Waals surface area contributed by atoms with Crippen LogP contribution in [0, 0.1) is 0 Å². The zero-order chi connectivity index (χ0) is 14.3. The van der Waals surface area contributed by atoms with Gasteiger partial charge in [0.15, 0.2) is 0 Å². The van der Waals surface area contributed by atoms with Crippen LogP contribution in [0.4, 0.5) is 0 Å². The van der Waals surface area contributed by atoms with Crippen molar-refractivity contribution in [3.8, 4) is 5.75 Å². The Bertz CT molecular complexity index is 399. The van der Waals surface area contributed by atoms with Gasteiger partial charge >= 0.3 is 0 Å². The number of hydrogen-bond donors (Lipinski definition) is 1. The molecule has 3 heteroatoms. The van der Waals surface area contributed by atoms with Crippen LogP contribution < -0.4 is 4.74 Å². The molecule has 0 aliphatic rings. The first-order valence-electron chi connectivity index (χ1n) is 6.76. The number of hydrogen-bond acceptors (Lipinski definition) is 3. The van der Waals surface area contributed by atoms with E-state index in [0.29, 0.717) is 12.6 Å². The summed E-state index contributed by atoms with van der Waals surface area (Å²) in [6.45, 7) is 7.60. The number of nitrogens with zero attached hydrogens (tertiary/aromatic N) is 1. The molecule has 0 aliphatic carbocycles. The molecule has 19 heavy (non-hydrogen) atoms. The SMILES string of the molecule is COc1ccccc1/C=C/CN(CC(C)O)C(C)C. The first kappa shape index (κ1) is 15.7. The fourth-order valence-corrected chi connectivity index (χ4v) is 1.95. The number of methoxy groups -OCH3 is 1. The van der Waals surface area contributed by atoms with E-state index in [1.54, 1.807) is 7.11 Å². The summed E-state index contributed by atoms with van der Waals surface area (Å²) in [6, 6.07) is 8.36. The predicted octanol–water partition coefficient (Wildman–Crippen LogP) is 2.80. The van der Waals surface area contributed by atoms with Crippen LogP contribution >= 0.6 is 0 Å². The van der Waals surface area contributed by atoms with E-state index in [9.17, 15) is 5.11 Å². The van der Waals surface area contributed by atoms with Crippen LogP contribution in [0.5, 0.6) is 5.75 Å². The molecule has 0 heterocycles. The molecule has 3 nitrogen and oxygen atoms in total. The molecule has 0 radical (unpaired) electrons. The summed E-state index contributed by atoms with van der Waals surface area (Å²) < 4.78 is 5.31. The van der Waals surface area contributed by atoms with Gasteiger partial charge in [0.1, 0.15) is 5.75 Å². The third-order valence-electron chi connectivity index (χ3n) is 3.01. The van der Waals surface area contributed by atoms with Gasteiger partial charge in [0.2, 0.25) is 0 Å². The molecule has 0 bridgehead atoms. The molecule has 1 N–H and O–H groups in total. The van der Waals surface area contributed by atoms with Gasteiger partial charge in [0.25, 0.3) is 0 Å². The lowest BCUT2D eigenvalue weighted by Crippen LogP contribution is -2.36. The molecular formula is C16H25NO2. The largest absolute Gasteiger partial charge is 0.496 e. The van der Waals surface area contributed by atoms with Gasteiger partial charge in [-0.3, -0.25) is 4.90 Å². The van der Waals surface area contributed by atoms with E-state index in [0.717, 1.165) is 17.9 Å². The standard InChI is InChI=1S/C16H25NO2/c1-13(2)17(12-14(3)18)11-7-9-15-8-5-6-10-16(15)19-4/h5-10,13-14,18H,11-12H2,1-4H3/b9-7+. The van der Waals surface area contributed by atoms with Crippen molar-refractivity contribution < 1.29 is 9.84 Å². The van der Waals surface area contributed by atoms with Crippen LogP contribution in [0.25, 0.3) is 6.08 Å². The van der Waals surface area contributed by atoms with Crippen molar-refractivity contribution in [1.82, 2.24) is 4.90 Å². The van der Waals surface area contributed by atoms with Gasteiger partial charge in [0.05, 0.1) is 13.2 Å². The fraction of sp³-hybridized carbons (Fsp3) is 0.500. The van der Waals surface area contributed by atoms with Gasteiger partial charge in [0, 0.05) is 24.7 Å². The summed E-state index contributed by atoms with van der Waals surface area (Å²) in [5.74, 6) is 0.880. The van der Waals surface area contributed by atoms with Crippen molar-refractivity contribution in [2.75, 3.05) is 20.2 Å². The first-order chi connectivity index (χ1) is 9.04. The van der Waals surface area contributed by atoms with Crippen LogP contribution in [0.3, 0.4) is 0 Å². The van der Waals surface area contributed by atoms with Gasteiger partial charge < -0.3 is 9.84 Å². The Morgan fingerprint density at radius 1 is 1.26 bits per heavy atom. The fourth-order valence-electron chi connectivity index (χ4n) is 1.95. The van der Waals surface area contributed by atoms with Crippen molar-refractivity contribution in [2.24, 2.45) is 0 Å². The van der Waals surface area contributed by atoms with Gasteiger partial charge in [-0.25, -0.2) is 0 Å². The molecule has 0 saturated carbocycles. The molecule has 1 rings (SSSR count). The number of para-hydroxylation sites is 1. The van der Waals surface area contributed by atoms with Crippen molar-refractivity contribution in [1.29, 1.82) is 0 Å². The predicted molar refractivity (Wildman–Crippen MR) is 80.4 cm³/mol. The van der Waals surface area contributed by atoms with Crippen molar-refractivity contribution in [2.45, 2.75) is 32.9 Å². The average Bonchev–Trinajstić information content (AvgIpc) is 2.37. The second kappa shape index (κ2) is 7.97. The summed E-state index contributed by atoms with van der Waals surface area (Å²) in [5, 5.41) is 9.48. The molecular weight excluding hydrogens is 238 g/mol. The maximum Gasteiger partial charge on any atom is 0.126 e. The lowest BCUT2D eigenvalue weighted by molar-refractivity contribution is 0.116. The summed E-state index contributed by atoms with van der Waals surface area (Å²) in [7, 11) is 1.68. The Labute approximate surface area is 116 Å². The minimum atomic E-state index is -0.304. The first-order valence-corrected chi connectivity index (χ1v) is 6.76. The molecule has 106 valence electrons. The quantitative estimate of drug-likeness (QED) is 0.821. The lowest BCUT2D eigenvalue weighted by atomic mass is 10.2. The molecule has 1 atom stereocenters. The van der Waals surface area contributed by atoms with Gasteiger partial charge in [-0.15, -0.1) is 0 Å². The molecule has 1 aromatic carbocycles. The number of rotatable bonds is 7.